The summed E-state index contributed by atoms with van der Waals surface area (Å²) in [6, 6.07) is 13.4. The molecule has 4 nitrogen and oxygen atoms in total. The van der Waals surface area contributed by atoms with Gasteiger partial charge in [-0.2, -0.15) is 0 Å². The highest BCUT2D eigenvalue weighted by Crippen LogP contribution is 2.26. The van der Waals surface area contributed by atoms with Crippen LogP contribution < -0.4 is 10.0 Å². The average molecular weight is 373 g/mol. The summed E-state index contributed by atoms with van der Waals surface area (Å²) < 4.78 is 28.5. The molecule has 0 aliphatic heterocycles. The van der Waals surface area contributed by atoms with E-state index in [1.165, 1.54) is 11.1 Å². The fourth-order valence-electron chi connectivity index (χ4n) is 3.52. The van der Waals surface area contributed by atoms with E-state index < -0.39 is 10.0 Å². The first-order valence-corrected chi connectivity index (χ1v) is 10.8. The van der Waals surface area contributed by atoms with E-state index in [-0.39, 0.29) is 12.1 Å². The Balaban J connectivity index is 1.78. The van der Waals surface area contributed by atoms with Crippen LogP contribution in [0.25, 0.3) is 0 Å². The van der Waals surface area contributed by atoms with Crippen LogP contribution in [0.4, 0.5) is 5.69 Å². The van der Waals surface area contributed by atoms with Gasteiger partial charge in [-0.05, 0) is 62.9 Å². The van der Waals surface area contributed by atoms with Crippen LogP contribution in [0.1, 0.15) is 42.4 Å². The lowest BCUT2D eigenvalue weighted by Gasteiger charge is -2.33. The van der Waals surface area contributed by atoms with E-state index in [1.54, 1.807) is 12.1 Å². The van der Waals surface area contributed by atoms with Crippen molar-refractivity contribution >= 4 is 15.7 Å². The number of nitrogens with one attached hydrogen (secondary N) is 2. The second-order valence-electron chi connectivity index (χ2n) is 7.39. The first-order valence-electron chi connectivity index (χ1n) is 9.28. The molecule has 3 rings (SSSR count). The molecule has 0 aromatic heterocycles. The van der Waals surface area contributed by atoms with Crippen LogP contribution in [-0.4, -0.2) is 20.5 Å². The fourth-order valence-corrected chi connectivity index (χ4v) is 4.83. The summed E-state index contributed by atoms with van der Waals surface area (Å²) >= 11 is 0. The molecule has 0 bridgehead atoms. The Kier molecular flexibility index (Phi) is 5.68. The number of anilines is 1. The molecular weight excluding hydrogens is 344 g/mol. The van der Waals surface area contributed by atoms with Gasteiger partial charge in [0.15, 0.2) is 0 Å². The summed E-state index contributed by atoms with van der Waals surface area (Å²) in [6.45, 7) is 6.11. The minimum Gasteiger partial charge on any atom is -0.380 e. The molecule has 2 aromatic carbocycles. The molecule has 0 saturated heterocycles. The van der Waals surface area contributed by atoms with Crippen molar-refractivity contribution in [3.8, 4) is 0 Å². The molecule has 5 heteroatoms. The van der Waals surface area contributed by atoms with E-state index in [1.807, 2.05) is 19.1 Å². The molecule has 140 valence electrons. The average Bonchev–Trinajstić information content (AvgIpc) is 2.60. The van der Waals surface area contributed by atoms with Gasteiger partial charge < -0.3 is 5.32 Å². The minimum absolute atomic E-state index is 0.101. The van der Waals surface area contributed by atoms with Crippen LogP contribution in [0.2, 0.25) is 0 Å². The molecule has 0 amide bonds. The number of aryl methyl sites for hydroxylation is 3. The third-order valence-corrected chi connectivity index (χ3v) is 6.64. The lowest BCUT2D eigenvalue weighted by molar-refractivity contribution is 0.378. The smallest absolute Gasteiger partial charge is 0.240 e. The van der Waals surface area contributed by atoms with E-state index in [9.17, 15) is 8.42 Å². The van der Waals surface area contributed by atoms with Crippen molar-refractivity contribution in [1.29, 1.82) is 0 Å². The largest absolute Gasteiger partial charge is 0.380 e. The van der Waals surface area contributed by atoms with Crippen molar-refractivity contribution in [1.82, 2.24) is 4.72 Å². The maximum absolute atomic E-state index is 12.8. The fraction of sp³-hybridized carbons (Fsp3) is 0.429. The first kappa shape index (κ1) is 18.9. The molecule has 2 atom stereocenters. The molecule has 2 N–H and O–H groups in total. The van der Waals surface area contributed by atoms with Gasteiger partial charge in [0.05, 0.1) is 4.90 Å². The standard InChI is InChI=1S/C21H28N2O2S/c1-15-9-12-18(13-10-15)26(24,25)23-20-7-5-4-6-19(20)22-21-14-16(2)8-11-17(21)3/h8-14,19-20,22-23H,4-7H2,1-3H3/t19-,20+/m1/s1. The quantitative estimate of drug-likeness (QED) is 0.822. The highest BCUT2D eigenvalue weighted by Gasteiger charge is 2.29. The van der Waals surface area contributed by atoms with Gasteiger partial charge in [0.2, 0.25) is 10.0 Å². The van der Waals surface area contributed by atoms with Gasteiger partial charge in [0, 0.05) is 17.8 Å². The van der Waals surface area contributed by atoms with Crippen LogP contribution in [0.15, 0.2) is 47.4 Å². The van der Waals surface area contributed by atoms with Crippen molar-refractivity contribution < 1.29 is 8.42 Å². The van der Waals surface area contributed by atoms with Gasteiger partial charge >= 0.3 is 0 Å². The predicted molar refractivity (Wildman–Crippen MR) is 107 cm³/mol. The van der Waals surface area contributed by atoms with E-state index >= 15 is 0 Å². The monoisotopic (exact) mass is 372 g/mol. The number of sulfonamides is 1. The maximum Gasteiger partial charge on any atom is 0.240 e. The summed E-state index contributed by atoms with van der Waals surface area (Å²) in [7, 11) is -3.51. The van der Waals surface area contributed by atoms with Crippen LogP contribution in [-0.2, 0) is 10.0 Å². The first-order chi connectivity index (χ1) is 12.3. The maximum atomic E-state index is 12.8. The topological polar surface area (TPSA) is 58.2 Å². The molecule has 26 heavy (non-hydrogen) atoms. The Morgan fingerprint density at radius 1 is 0.846 bits per heavy atom. The van der Waals surface area contributed by atoms with Gasteiger partial charge in [0.1, 0.15) is 0 Å². The molecular formula is C21H28N2O2S. The molecule has 1 aliphatic carbocycles. The van der Waals surface area contributed by atoms with Crippen molar-refractivity contribution in [2.24, 2.45) is 0 Å². The van der Waals surface area contributed by atoms with Gasteiger partial charge in [-0.3, -0.25) is 0 Å². The zero-order chi connectivity index (χ0) is 18.7. The zero-order valence-electron chi connectivity index (χ0n) is 15.7. The summed E-state index contributed by atoms with van der Waals surface area (Å²) in [4.78, 5) is 0.333. The molecule has 0 radical (unpaired) electrons. The SMILES string of the molecule is Cc1ccc(S(=O)(=O)N[C@H]2CCCC[C@H]2Nc2cc(C)ccc2C)cc1. The van der Waals surface area contributed by atoms with Gasteiger partial charge in [0.25, 0.3) is 0 Å². The third kappa shape index (κ3) is 4.46. The summed E-state index contributed by atoms with van der Waals surface area (Å²) in [5.41, 5.74) is 4.53. The van der Waals surface area contributed by atoms with Crippen LogP contribution in [0.5, 0.6) is 0 Å². The van der Waals surface area contributed by atoms with Gasteiger partial charge in [-0.25, -0.2) is 13.1 Å². The van der Waals surface area contributed by atoms with Crippen LogP contribution >= 0.6 is 0 Å². The summed E-state index contributed by atoms with van der Waals surface area (Å²) in [5.74, 6) is 0. The van der Waals surface area contributed by atoms with E-state index in [2.05, 4.69) is 42.1 Å². The third-order valence-electron chi connectivity index (χ3n) is 5.14. The Bertz CT molecular complexity index is 860. The van der Waals surface area contributed by atoms with E-state index in [0.29, 0.717) is 4.90 Å². The Morgan fingerprint density at radius 3 is 2.15 bits per heavy atom. The molecule has 1 aliphatic rings. The Hall–Kier alpha value is -1.85. The second kappa shape index (κ2) is 7.80. The van der Waals surface area contributed by atoms with Crippen molar-refractivity contribution in [3.05, 3.63) is 59.2 Å². The number of hydrogen-bond donors (Lipinski definition) is 2. The van der Waals surface area contributed by atoms with Gasteiger partial charge in [-0.1, -0.05) is 42.7 Å². The number of benzene rings is 2. The molecule has 1 fully saturated rings. The lowest BCUT2D eigenvalue weighted by atomic mass is 9.90. The normalized spacial score (nSPS) is 20.7. The Labute approximate surface area is 157 Å². The van der Waals surface area contributed by atoms with Crippen LogP contribution in [0, 0.1) is 20.8 Å². The Morgan fingerprint density at radius 2 is 1.46 bits per heavy atom. The van der Waals surface area contributed by atoms with E-state index in [4.69, 9.17) is 0 Å². The molecule has 0 heterocycles. The molecule has 0 spiro atoms. The number of hydrogen-bond acceptors (Lipinski definition) is 3. The molecule has 0 unspecified atom stereocenters. The summed E-state index contributed by atoms with van der Waals surface area (Å²) in [6.07, 6.45) is 3.99. The van der Waals surface area contributed by atoms with Crippen molar-refractivity contribution in [2.45, 2.75) is 63.4 Å². The van der Waals surface area contributed by atoms with Crippen LogP contribution in [0.3, 0.4) is 0 Å². The van der Waals surface area contributed by atoms with Crippen molar-refractivity contribution in [3.63, 3.8) is 0 Å². The highest BCUT2D eigenvalue weighted by atomic mass is 32.2. The molecule has 1 saturated carbocycles. The van der Waals surface area contributed by atoms with E-state index in [0.717, 1.165) is 36.9 Å². The zero-order valence-corrected chi connectivity index (χ0v) is 16.6. The second-order valence-corrected chi connectivity index (χ2v) is 9.11. The number of rotatable bonds is 5. The van der Waals surface area contributed by atoms with Crippen molar-refractivity contribution in [2.75, 3.05) is 5.32 Å². The predicted octanol–water partition coefficient (Wildman–Crippen LogP) is 4.31. The minimum atomic E-state index is -3.51. The highest BCUT2D eigenvalue weighted by molar-refractivity contribution is 7.89. The molecule has 2 aromatic rings. The lowest BCUT2D eigenvalue weighted by Crippen LogP contribution is -2.48. The summed E-state index contributed by atoms with van der Waals surface area (Å²) in [5, 5.41) is 3.60. The van der Waals surface area contributed by atoms with Gasteiger partial charge in [-0.15, -0.1) is 0 Å².